The lowest BCUT2D eigenvalue weighted by molar-refractivity contribution is -0.147. The highest BCUT2D eigenvalue weighted by Crippen LogP contribution is 2.36. The molecule has 0 spiro atoms. The van der Waals surface area contributed by atoms with Gasteiger partial charge in [0.1, 0.15) is 22.2 Å². The first-order valence-corrected chi connectivity index (χ1v) is 36.3. The zero-order valence-corrected chi connectivity index (χ0v) is 57.5. The van der Waals surface area contributed by atoms with Crippen LogP contribution >= 0.6 is 0 Å². The van der Waals surface area contributed by atoms with E-state index in [2.05, 4.69) is 4.99 Å². The largest absolute Gasteiger partial charge is 0.480 e. The van der Waals surface area contributed by atoms with Crippen LogP contribution in [0.2, 0.25) is 25.3 Å². The normalized spacial score (nSPS) is 18.3. The number of benzene rings is 1. The molecule has 3 fully saturated rings. The summed E-state index contributed by atoms with van der Waals surface area (Å²) in [6.07, 6.45) is 2.80. The van der Waals surface area contributed by atoms with Crippen molar-refractivity contribution in [2.75, 3.05) is 65.7 Å². The molecular weight excluding hydrogens is 1350 g/mol. The summed E-state index contributed by atoms with van der Waals surface area (Å²) in [5.74, 6) is -5.97. The fourth-order valence-corrected chi connectivity index (χ4v) is 14.9. The van der Waals surface area contributed by atoms with E-state index in [-0.39, 0.29) is 146 Å². The van der Waals surface area contributed by atoms with E-state index in [1.807, 2.05) is 0 Å². The number of aliphatic imine (C=N–C) groups is 1. The lowest BCUT2D eigenvalue weighted by atomic mass is 9.74. The number of carboxylic acid groups (broad SMARTS) is 4. The van der Waals surface area contributed by atoms with E-state index in [4.69, 9.17) is 84.8 Å². The van der Waals surface area contributed by atoms with Crippen molar-refractivity contribution in [3.05, 3.63) is 35.4 Å². The number of guanidine groups is 1. The van der Waals surface area contributed by atoms with Crippen LogP contribution in [0.4, 0.5) is 13.2 Å². The van der Waals surface area contributed by atoms with Crippen molar-refractivity contribution in [3.63, 3.8) is 0 Å². The second-order valence-electron chi connectivity index (χ2n) is 25.1. The molecule has 0 amide bonds. The number of unbranched alkanes of at least 4 members (excludes halogenated alkanes) is 4. The number of nitrogens with two attached hydrogens (primary N) is 7. The van der Waals surface area contributed by atoms with Crippen molar-refractivity contribution in [1.29, 1.82) is 0 Å². The summed E-state index contributed by atoms with van der Waals surface area (Å²) in [6.45, 7) is 1.17. The monoisotopic (exact) mass is 1460 g/mol. The maximum Gasteiger partial charge on any atom is 0.451 e. The number of hydrogen-bond donors (Lipinski definition) is 19. The van der Waals surface area contributed by atoms with Crippen LogP contribution < -0.4 is 39.5 Å². The second kappa shape index (κ2) is 41.5. The first-order valence-electron chi connectivity index (χ1n) is 31.8. The van der Waals surface area contributed by atoms with Gasteiger partial charge in [0, 0.05) is 59.9 Å². The molecule has 0 saturated carbocycles. The predicted octanol–water partition coefficient (Wildman–Crippen LogP) is -2.95. The third kappa shape index (κ3) is 31.6. The number of aliphatic carboxylic acids is 4. The Hall–Kier alpha value is -4.41. The maximum atomic E-state index is 12.7. The van der Waals surface area contributed by atoms with Gasteiger partial charge in [0.15, 0.2) is 5.96 Å². The molecule has 3 aliphatic heterocycles. The molecule has 0 aromatic heterocycles. The summed E-state index contributed by atoms with van der Waals surface area (Å²) in [4.78, 5) is 49.9. The van der Waals surface area contributed by atoms with Gasteiger partial charge in [-0.1, -0.05) is 63.5 Å². The number of halogens is 3. The molecular formula is C53H103B4F3N12O22S3. The van der Waals surface area contributed by atoms with Crippen LogP contribution in [0.5, 0.6) is 0 Å². The molecule has 3 aliphatic rings. The topological polar surface area (TPSA) is 621 Å². The van der Waals surface area contributed by atoms with Crippen LogP contribution in [0.15, 0.2) is 29.3 Å². The van der Waals surface area contributed by atoms with Gasteiger partial charge in [-0.2, -0.15) is 42.9 Å². The summed E-state index contributed by atoms with van der Waals surface area (Å²) < 4.78 is 115. The molecule has 0 aliphatic carbocycles. The molecule has 0 radical (unpaired) electrons. The molecule has 44 heteroatoms. The molecule has 0 bridgehead atoms. The summed E-state index contributed by atoms with van der Waals surface area (Å²) in [6, 6.07) is 4.36. The number of hydrogen-bond acceptors (Lipinski definition) is 23. The third-order valence-corrected chi connectivity index (χ3v) is 22.6. The molecule has 34 nitrogen and oxygen atoms in total. The van der Waals surface area contributed by atoms with E-state index in [1.54, 1.807) is 0 Å². The molecule has 4 unspecified atom stereocenters. The van der Waals surface area contributed by atoms with Gasteiger partial charge < -0.3 is 95.0 Å². The first kappa shape index (κ1) is 90.6. The smallest absolute Gasteiger partial charge is 0.451 e. The van der Waals surface area contributed by atoms with E-state index in [0.717, 1.165) is 20.7 Å². The molecule has 1 aromatic rings. The fraction of sp³-hybridized carbons (Fsp3) is 0.792. The Bertz CT molecular complexity index is 2940. The third-order valence-electron chi connectivity index (χ3n) is 17.7. The van der Waals surface area contributed by atoms with Crippen molar-refractivity contribution >= 4 is 88.8 Å². The average molecular weight is 1460 g/mol. The molecule has 4 rings (SSSR count). The number of carbonyl (C=O) groups is 4. The molecule has 4 atom stereocenters. The van der Waals surface area contributed by atoms with E-state index in [1.165, 1.54) is 34.8 Å². The highest BCUT2D eigenvalue weighted by atomic mass is 32.2. The zero-order chi connectivity index (χ0) is 74.6. The van der Waals surface area contributed by atoms with Crippen LogP contribution in [-0.4, -0.2) is 249 Å². The van der Waals surface area contributed by atoms with Crippen molar-refractivity contribution < 1.29 is 118 Å². The number of sulfonamides is 1. The Morgan fingerprint density at radius 3 is 1.11 bits per heavy atom. The minimum atomic E-state index is -4.46. The van der Waals surface area contributed by atoms with Crippen LogP contribution in [0.1, 0.15) is 133 Å². The number of alkyl halides is 3. The van der Waals surface area contributed by atoms with Gasteiger partial charge in [-0.05, 0) is 138 Å². The van der Waals surface area contributed by atoms with Crippen LogP contribution in [0, 0.1) is 17.8 Å². The van der Waals surface area contributed by atoms with Gasteiger partial charge in [-0.15, -0.1) is 0 Å². The van der Waals surface area contributed by atoms with E-state index in [0.29, 0.717) is 82.6 Å². The summed E-state index contributed by atoms with van der Waals surface area (Å²) in [5.41, 5.74) is 28.3. The summed E-state index contributed by atoms with van der Waals surface area (Å²) in [5, 5.41) is 113. The van der Waals surface area contributed by atoms with E-state index < -0.39 is 123 Å². The van der Waals surface area contributed by atoms with Crippen molar-refractivity contribution in [3.8, 4) is 0 Å². The molecule has 26 N–H and O–H groups in total. The minimum absolute atomic E-state index is 0.0626. The predicted molar refractivity (Wildman–Crippen MR) is 356 cm³/mol. The number of piperidine rings is 3. The van der Waals surface area contributed by atoms with Crippen LogP contribution in [0.25, 0.3) is 0 Å². The lowest BCUT2D eigenvalue weighted by Crippen LogP contribution is -2.57. The number of rotatable bonds is 37. The van der Waals surface area contributed by atoms with Gasteiger partial charge in [0.2, 0.25) is 10.0 Å². The zero-order valence-electron chi connectivity index (χ0n) is 55.1. The maximum absolute atomic E-state index is 12.7. The van der Waals surface area contributed by atoms with Gasteiger partial charge in [-0.25, -0.2) is 17.9 Å². The molecule has 1 aromatic carbocycles. The molecule has 558 valence electrons. The molecule has 3 saturated heterocycles. The van der Waals surface area contributed by atoms with Crippen molar-refractivity contribution in [1.82, 2.24) is 17.2 Å². The van der Waals surface area contributed by atoms with Gasteiger partial charge >= 0.3 is 58.5 Å². The first-order chi connectivity index (χ1) is 44.6. The quantitative estimate of drug-likeness (QED) is 0.0137. The fourth-order valence-electron chi connectivity index (χ4n) is 11.5. The highest BCUT2D eigenvalue weighted by Gasteiger charge is 2.47. The second-order valence-corrected chi connectivity index (χ2v) is 30.9. The Labute approximate surface area is 567 Å². The van der Waals surface area contributed by atoms with Crippen LogP contribution in [-0.2, 0) is 62.2 Å². The van der Waals surface area contributed by atoms with Crippen molar-refractivity contribution in [2.24, 2.45) is 62.3 Å². The van der Waals surface area contributed by atoms with Gasteiger partial charge in [0.25, 0.3) is 20.4 Å². The number of aryl methyl sites for hydroxylation is 1. The molecule has 3 heterocycles. The standard InChI is InChI=1S/C20H30BF3N2O6S.C13H28BN3O6S.C11H24BN3O6S.C9H21BN4O4/c22-20(23,24)17-5-3-15(4-6-17)9-14-33(31,32)26-12-7-16(8-13-26)19(25,18(27)28)10-1-2-11-21(29)30;1-16(2)24(22,23)17-9-5-11(6-10-17)13(15,12(18)19)7-3-4-8-14(20)21;13-11(10(16)17,5-1-2-6-12(18)19)9-3-7-15(8-4-9)22(14,20)21;11-8(12)14-6-4-9(13,7(15)16)3-1-2-5-10(17)18/h3-6,16,29-30H,1-2,7-14,25H2,(H,27,28);11,20-21H,3-10,15H2,1-2H3,(H,18,19);9,18-19H,1-8,13H2,(H,16,17)(H2,14,20,21);17-18H,1-6,13H2,(H,15,16)(H4,11,12,14). The Kier molecular flexibility index (Phi) is 38.8. The van der Waals surface area contributed by atoms with Crippen LogP contribution in [0.3, 0.4) is 0 Å². The number of nitrogens with zero attached hydrogens (tertiary/aromatic N) is 5. The minimum Gasteiger partial charge on any atom is -0.480 e. The Morgan fingerprint density at radius 2 is 0.835 bits per heavy atom. The van der Waals surface area contributed by atoms with E-state index in [9.17, 15) is 72.9 Å². The highest BCUT2D eigenvalue weighted by molar-refractivity contribution is 7.89. The number of carboxylic acids is 4. The summed E-state index contributed by atoms with van der Waals surface area (Å²) >= 11 is 0. The summed E-state index contributed by atoms with van der Waals surface area (Å²) in [7, 11) is -13.6. The lowest BCUT2D eigenvalue weighted by Gasteiger charge is -2.40. The van der Waals surface area contributed by atoms with Gasteiger partial charge in [0.05, 0.1) is 11.3 Å². The van der Waals surface area contributed by atoms with E-state index >= 15 is 0 Å². The van der Waals surface area contributed by atoms with Crippen molar-refractivity contribution in [2.45, 2.75) is 182 Å². The Balaban J connectivity index is 0.000000664. The van der Waals surface area contributed by atoms with Gasteiger partial charge in [-0.3, -0.25) is 24.2 Å². The SMILES string of the molecule is CN(C)S(=O)(=O)N1CCC(C(N)(CCCCB(O)O)C(=O)O)CC1.NC(CCCCB(O)O)(C(=O)O)C1CCN(S(=O)(=O)CCc2ccc(C(F)(F)F)cc2)CC1.NC(CCCCB(O)O)(C(=O)O)C1CCN(S(N)(=O)=O)CC1.NC(N)=NCCC(N)(CCCCB(O)O)C(=O)O. The Morgan fingerprint density at radius 1 is 0.515 bits per heavy atom. The average Bonchev–Trinajstić information content (AvgIpc) is 0.813. The molecule has 97 heavy (non-hydrogen) atoms.